The van der Waals surface area contributed by atoms with E-state index in [4.69, 9.17) is 9.16 Å². The first-order valence-corrected chi connectivity index (χ1v) is 14.4. The van der Waals surface area contributed by atoms with Gasteiger partial charge in [-0.2, -0.15) is 0 Å². The number of esters is 1. The highest BCUT2D eigenvalue weighted by molar-refractivity contribution is 6.99. The van der Waals surface area contributed by atoms with E-state index in [1.165, 1.54) is 10.4 Å². The number of hydrogen-bond donors (Lipinski definition) is 2. The number of aliphatic hydroxyl groups excluding tert-OH is 2. The standard InChI is InChI=1S/C28H42O5Si/c1-6-32-27(31)26(30)25(29)21-15-7-10-16-22(2)33-34(28(3,4)5,23-17-11-8-12-18-23)24-19-13-9-14-20-24/h8-9,11-14,17-20,22,25-26,29-30H,6-7,10,15-16,21H2,1-5H3/t22-,25+,26-/m1/s1. The Hall–Kier alpha value is -1.99. The number of rotatable bonds is 13. The van der Waals surface area contributed by atoms with Crippen molar-refractivity contribution in [3.63, 3.8) is 0 Å². The Kier molecular flexibility index (Phi) is 11.0. The van der Waals surface area contributed by atoms with Crippen molar-refractivity contribution in [2.75, 3.05) is 6.61 Å². The molecule has 0 heterocycles. The summed E-state index contributed by atoms with van der Waals surface area (Å²) in [6, 6.07) is 21.3. The molecule has 34 heavy (non-hydrogen) atoms. The third kappa shape index (κ3) is 7.25. The second-order valence-corrected chi connectivity index (χ2v) is 14.2. The van der Waals surface area contributed by atoms with E-state index in [0.717, 1.165) is 25.7 Å². The van der Waals surface area contributed by atoms with Crippen LogP contribution in [0.15, 0.2) is 60.7 Å². The summed E-state index contributed by atoms with van der Waals surface area (Å²) in [7, 11) is -2.56. The van der Waals surface area contributed by atoms with Crippen molar-refractivity contribution in [1.82, 2.24) is 0 Å². The van der Waals surface area contributed by atoms with Gasteiger partial charge in [0, 0.05) is 6.10 Å². The summed E-state index contributed by atoms with van der Waals surface area (Å²) in [5.41, 5.74) is 0. The molecule has 2 aromatic carbocycles. The van der Waals surface area contributed by atoms with Gasteiger partial charge in [0.2, 0.25) is 0 Å². The van der Waals surface area contributed by atoms with Crippen molar-refractivity contribution < 1.29 is 24.2 Å². The predicted molar refractivity (Wildman–Crippen MR) is 140 cm³/mol. The minimum absolute atomic E-state index is 0.0582. The van der Waals surface area contributed by atoms with Crippen LogP contribution in [0.4, 0.5) is 0 Å². The van der Waals surface area contributed by atoms with Crippen LogP contribution in [0.5, 0.6) is 0 Å². The van der Waals surface area contributed by atoms with E-state index in [9.17, 15) is 15.0 Å². The minimum Gasteiger partial charge on any atom is -0.464 e. The predicted octanol–water partition coefficient (Wildman–Crippen LogP) is 4.19. The lowest BCUT2D eigenvalue weighted by Gasteiger charge is -2.44. The molecule has 0 unspecified atom stereocenters. The van der Waals surface area contributed by atoms with Crippen LogP contribution in [0, 0.1) is 0 Å². The van der Waals surface area contributed by atoms with Crippen molar-refractivity contribution in [3.05, 3.63) is 60.7 Å². The number of unbranched alkanes of at least 4 members (excludes halogenated alkanes) is 2. The number of hydrogen-bond acceptors (Lipinski definition) is 5. The summed E-state index contributed by atoms with van der Waals surface area (Å²) in [6.07, 6.45) is 1.33. The molecule has 0 fully saturated rings. The van der Waals surface area contributed by atoms with E-state index in [1.54, 1.807) is 6.92 Å². The number of carbonyl (C=O) groups is 1. The van der Waals surface area contributed by atoms with Crippen molar-refractivity contribution in [2.45, 2.75) is 90.1 Å². The third-order valence-electron chi connectivity index (χ3n) is 6.30. The summed E-state index contributed by atoms with van der Waals surface area (Å²) >= 11 is 0. The van der Waals surface area contributed by atoms with Gasteiger partial charge in [-0.3, -0.25) is 0 Å². The van der Waals surface area contributed by atoms with E-state index >= 15 is 0 Å². The lowest BCUT2D eigenvalue weighted by molar-refractivity contribution is -0.159. The van der Waals surface area contributed by atoms with E-state index in [1.807, 2.05) is 12.1 Å². The maximum Gasteiger partial charge on any atom is 0.337 e. The molecule has 0 saturated carbocycles. The van der Waals surface area contributed by atoms with Gasteiger partial charge in [-0.05, 0) is 42.1 Å². The monoisotopic (exact) mass is 486 g/mol. The minimum atomic E-state index is -2.56. The van der Waals surface area contributed by atoms with E-state index in [-0.39, 0.29) is 17.7 Å². The fraction of sp³-hybridized carbons (Fsp3) is 0.536. The van der Waals surface area contributed by atoms with Crippen molar-refractivity contribution in [3.8, 4) is 0 Å². The van der Waals surface area contributed by atoms with Crippen LogP contribution in [-0.2, 0) is 14.0 Å². The van der Waals surface area contributed by atoms with Crippen LogP contribution < -0.4 is 10.4 Å². The fourth-order valence-electron chi connectivity index (χ4n) is 4.56. The molecule has 0 bridgehead atoms. The van der Waals surface area contributed by atoms with Gasteiger partial charge in [0.15, 0.2) is 6.10 Å². The maximum atomic E-state index is 11.6. The Morgan fingerprint density at radius 2 is 1.38 bits per heavy atom. The average Bonchev–Trinajstić information content (AvgIpc) is 2.82. The van der Waals surface area contributed by atoms with Crippen LogP contribution in [0.3, 0.4) is 0 Å². The van der Waals surface area contributed by atoms with Gasteiger partial charge in [-0.1, -0.05) is 101 Å². The Morgan fingerprint density at radius 3 is 1.85 bits per heavy atom. The fourth-order valence-corrected chi connectivity index (χ4v) is 9.29. The van der Waals surface area contributed by atoms with Gasteiger partial charge in [0.05, 0.1) is 12.7 Å². The topological polar surface area (TPSA) is 76.0 Å². The van der Waals surface area contributed by atoms with Crippen LogP contribution >= 0.6 is 0 Å². The first kappa shape index (κ1) is 28.2. The number of aliphatic hydroxyl groups is 2. The van der Waals surface area contributed by atoms with Crippen molar-refractivity contribution in [1.29, 1.82) is 0 Å². The lowest BCUT2D eigenvalue weighted by atomic mass is 10.0. The summed E-state index contributed by atoms with van der Waals surface area (Å²) in [5.74, 6) is -0.762. The van der Waals surface area contributed by atoms with Crippen LogP contribution in [0.1, 0.15) is 66.7 Å². The van der Waals surface area contributed by atoms with E-state index < -0.39 is 26.5 Å². The first-order valence-electron chi connectivity index (χ1n) is 12.4. The van der Waals surface area contributed by atoms with Gasteiger partial charge in [0.1, 0.15) is 0 Å². The molecule has 0 aliphatic rings. The van der Waals surface area contributed by atoms with E-state index in [2.05, 4.69) is 76.2 Å². The highest BCUT2D eigenvalue weighted by Gasteiger charge is 2.50. The quantitative estimate of drug-likeness (QED) is 0.252. The largest absolute Gasteiger partial charge is 0.464 e. The zero-order valence-electron chi connectivity index (χ0n) is 21.4. The highest BCUT2D eigenvalue weighted by Crippen LogP contribution is 2.38. The summed E-state index contributed by atoms with van der Waals surface area (Å²) in [5, 5.41) is 22.4. The summed E-state index contributed by atoms with van der Waals surface area (Å²) < 4.78 is 11.9. The lowest BCUT2D eigenvalue weighted by Crippen LogP contribution is -2.67. The third-order valence-corrected chi connectivity index (χ3v) is 11.5. The van der Waals surface area contributed by atoms with Crippen LogP contribution in [0.25, 0.3) is 0 Å². The molecule has 0 aliphatic heterocycles. The molecule has 6 heteroatoms. The van der Waals surface area contributed by atoms with Gasteiger partial charge in [0.25, 0.3) is 8.32 Å². The van der Waals surface area contributed by atoms with Crippen molar-refractivity contribution >= 4 is 24.7 Å². The molecule has 2 aromatic rings. The molecule has 0 aromatic heterocycles. The number of carbonyl (C=O) groups excluding carboxylic acids is 1. The van der Waals surface area contributed by atoms with Gasteiger partial charge in [-0.15, -0.1) is 0 Å². The molecule has 3 atom stereocenters. The Bertz CT molecular complexity index is 811. The SMILES string of the molecule is CCOC(=O)[C@H](O)[C@@H](O)CCCCC[C@@H](C)O[Si](c1ccccc1)(c1ccccc1)C(C)(C)C. The second-order valence-electron chi connectivity index (χ2n) is 9.99. The Balaban J connectivity index is 2.03. The van der Waals surface area contributed by atoms with Crippen LogP contribution in [-0.4, -0.2) is 49.4 Å². The smallest absolute Gasteiger partial charge is 0.337 e. The molecule has 0 radical (unpaired) electrons. The zero-order valence-corrected chi connectivity index (χ0v) is 22.4. The zero-order chi connectivity index (χ0) is 25.2. The molecule has 188 valence electrons. The molecule has 0 saturated heterocycles. The molecule has 0 amide bonds. The summed E-state index contributed by atoms with van der Waals surface area (Å²) in [6.45, 7) is 10.9. The molecule has 5 nitrogen and oxygen atoms in total. The average molecular weight is 487 g/mol. The Morgan fingerprint density at radius 1 is 0.882 bits per heavy atom. The maximum absolute atomic E-state index is 11.6. The second kappa shape index (κ2) is 13.2. The highest BCUT2D eigenvalue weighted by atomic mass is 28.4. The Labute approximate surface area is 206 Å². The molecular weight excluding hydrogens is 444 g/mol. The molecule has 2 N–H and O–H groups in total. The molecule has 0 aliphatic carbocycles. The van der Waals surface area contributed by atoms with Crippen LogP contribution in [0.2, 0.25) is 5.04 Å². The van der Waals surface area contributed by atoms with Gasteiger partial charge in [-0.25, -0.2) is 4.79 Å². The molecule has 0 spiro atoms. The van der Waals surface area contributed by atoms with Crippen molar-refractivity contribution in [2.24, 2.45) is 0 Å². The molecule has 2 rings (SSSR count). The van der Waals surface area contributed by atoms with E-state index in [0.29, 0.717) is 6.42 Å². The van der Waals surface area contributed by atoms with Gasteiger partial charge < -0.3 is 19.4 Å². The number of ether oxygens (including phenoxy) is 1. The first-order chi connectivity index (χ1) is 16.1. The van der Waals surface area contributed by atoms with Gasteiger partial charge >= 0.3 is 5.97 Å². The molecular formula is C28H42O5Si. The normalized spacial score (nSPS) is 14.9. The number of benzene rings is 2. The summed E-state index contributed by atoms with van der Waals surface area (Å²) in [4.78, 5) is 11.6.